The molecule has 2 rings (SSSR count). The zero-order valence-corrected chi connectivity index (χ0v) is 10.1. The third-order valence-electron chi connectivity index (χ3n) is 2.76. The van der Waals surface area contributed by atoms with Gasteiger partial charge in [-0.05, 0) is 11.1 Å². The summed E-state index contributed by atoms with van der Waals surface area (Å²) in [5, 5.41) is 12.6. The molecule has 1 aromatic carbocycles. The van der Waals surface area contributed by atoms with Crippen molar-refractivity contribution in [1.82, 2.24) is 0 Å². The van der Waals surface area contributed by atoms with Crippen molar-refractivity contribution in [3.63, 3.8) is 0 Å². The van der Waals surface area contributed by atoms with Crippen molar-refractivity contribution >= 4 is 5.71 Å². The molecule has 104 valence electrons. The van der Waals surface area contributed by atoms with Crippen LogP contribution in [0.2, 0.25) is 0 Å². The normalized spacial score (nSPS) is 23.1. The van der Waals surface area contributed by atoms with Crippen molar-refractivity contribution in [2.24, 2.45) is 5.16 Å². The van der Waals surface area contributed by atoms with E-state index in [9.17, 15) is 18.3 Å². The van der Waals surface area contributed by atoms with Crippen molar-refractivity contribution in [3.05, 3.63) is 35.4 Å². The van der Waals surface area contributed by atoms with Gasteiger partial charge in [0.1, 0.15) is 0 Å². The van der Waals surface area contributed by atoms with Crippen LogP contribution in [0.25, 0.3) is 0 Å². The molecule has 19 heavy (non-hydrogen) atoms. The molecule has 1 aliphatic heterocycles. The van der Waals surface area contributed by atoms with Gasteiger partial charge in [-0.15, -0.1) is 0 Å². The molecule has 0 aromatic heterocycles. The molecule has 1 heterocycles. The lowest BCUT2D eigenvalue weighted by Crippen LogP contribution is -2.45. The molecule has 0 spiro atoms. The van der Waals surface area contributed by atoms with Gasteiger partial charge in [0.05, 0.1) is 18.7 Å². The van der Waals surface area contributed by atoms with E-state index < -0.39 is 18.4 Å². The Balaban J connectivity index is 2.13. The summed E-state index contributed by atoms with van der Waals surface area (Å²) in [5.41, 5.74) is 1.42. The van der Waals surface area contributed by atoms with Crippen LogP contribution in [0.15, 0.2) is 29.4 Å². The van der Waals surface area contributed by atoms with Crippen molar-refractivity contribution in [3.8, 4) is 0 Å². The molecule has 0 aliphatic carbocycles. The average Bonchev–Trinajstić information content (AvgIpc) is 2.74. The molecule has 0 amide bonds. The van der Waals surface area contributed by atoms with E-state index in [-0.39, 0.29) is 5.71 Å². The van der Waals surface area contributed by atoms with E-state index in [2.05, 4.69) is 9.99 Å². The summed E-state index contributed by atoms with van der Waals surface area (Å²) in [6, 6.07) is 6.65. The number of oxime groups is 1. The third-order valence-corrected chi connectivity index (χ3v) is 2.76. The van der Waals surface area contributed by atoms with Gasteiger partial charge in [-0.1, -0.05) is 29.4 Å². The highest BCUT2D eigenvalue weighted by molar-refractivity contribution is 6.01. The van der Waals surface area contributed by atoms with E-state index in [1.807, 2.05) is 0 Å². The van der Waals surface area contributed by atoms with Crippen LogP contribution in [0.1, 0.15) is 17.5 Å². The SMILES string of the molecule is COCc1ccc(C2=NOC(O)(C(F)(F)F)C2)cc1. The Bertz CT molecular complexity index is 484. The molecular formula is C12H12F3NO3. The van der Waals surface area contributed by atoms with Crippen LogP contribution >= 0.6 is 0 Å². The summed E-state index contributed by atoms with van der Waals surface area (Å²) < 4.78 is 42.5. The fourth-order valence-electron chi connectivity index (χ4n) is 1.69. The number of halogens is 3. The van der Waals surface area contributed by atoms with Gasteiger partial charge >= 0.3 is 12.0 Å². The summed E-state index contributed by atoms with van der Waals surface area (Å²) >= 11 is 0. The van der Waals surface area contributed by atoms with Crippen LogP contribution in [0.4, 0.5) is 13.2 Å². The third kappa shape index (κ3) is 2.71. The topological polar surface area (TPSA) is 51.0 Å². The standard InChI is InChI=1S/C12H12F3NO3/c1-18-7-8-2-4-9(5-3-8)10-6-11(17,19-16-10)12(13,14)15/h2-5,17H,6-7H2,1H3. The van der Waals surface area contributed by atoms with Crippen molar-refractivity contribution < 1.29 is 27.9 Å². The van der Waals surface area contributed by atoms with E-state index in [1.165, 1.54) is 0 Å². The van der Waals surface area contributed by atoms with E-state index in [0.29, 0.717) is 12.2 Å². The molecule has 0 saturated carbocycles. The number of aliphatic hydroxyl groups is 1. The van der Waals surface area contributed by atoms with Crippen LogP contribution < -0.4 is 0 Å². The average molecular weight is 275 g/mol. The fourth-order valence-corrected chi connectivity index (χ4v) is 1.69. The number of nitrogens with zero attached hydrogens (tertiary/aromatic N) is 1. The molecule has 0 saturated heterocycles. The molecule has 0 fully saturated rings. The highest BCUT2D eigenvalue weighted by Crippen LogP contribution is 2.38. The predicted molar refractivity (Wildman–Crippen MR) is 60.4 cm³/mol. The molecule has 1 N–H and O–H groups in total. The Morgan fingerprint density at radius 3 is 2.47 bits per heavy atom. The molecule has 4 nitrogen and oxygen atoms in total. The van der Waals surface area contributed by atoms with Gasteiger partial charge in [0.15, 0.2) is 0 Å². The van der Waals surface area contributed by atoms with E-state index in [4.69, 9.17) is 4.74 Å². The Kier molecular flexibility index (Phi) is 3.51. The van der Waals surface area contributed by atoms with Crippen LogP contribution in [0.3, 0.4) is 0 Å². The fraction of sp³-hybridized carbons (Fsp3) is 0.417. The maximum atomic E-state index is 12.5. The van der Waals surface area contributed by atoms with Crippen LogP contribution in [-0.2, 0) is 16.2 Å². The summed E-state index contributed by atoms with van der Waals surface area (Å²) in [4.78, 5) is 4.14. The molecule has 1 aliphatic rings. The van der Waals surface area contributed by atoms with Gasteiger partial charge in [-0.3, -0.25) is 0 Å². The second kappa shape index (κ2) is 4.82. The minimum absolute atomic E-state index is 0.0591. The number of alkyl halides is 3. The zero-order valence-electron chi connectivity index (χ0n) is 10.1. The lowest BCUT2D eigenvalue weighted by Gasteiger charge is -2.22. The minimum Gasteiger partial charge on any atom is -0.380 e. The van der Waals surface area contributed by atoms with Gasteiger partial charge in [-0.2, -0.15) is 13.2 Å². The van der Waals surface area contributed by atoms with E-state index >= 15 is 0 Å². The van der Waals surface area contributed by atoms with E-state index in [1.54, 1.807) is 31.4 Å². The van der Waals surface area contributed by atoms with Crippen LogP contribution in [-0.4, -0.2) is 29.9 Å². The first-order chi connectivity index (χ1) is 8.86. The van der Waals surface area contributed by atoms with Gasteiger partial charge in [0.25, 0.3) is 0 Å². The van der Waals surface area contributed by atoms with Gasteiger partial charge in [-0.25, -0.2) is 0 Å². The molecule has 1 aromatic rings. The summed E-state index contributed by atoms with van der Waals surface area (Å²) in [5.74, 6) is -3.23. The largest absolute Gasteiger partial charge is 0.458 e. The highest BCUT2D eigenvalue weighted by atomic mass is 19.4. The number of methoxy groups -OCH3 is 1. The molecule has 1 atom stereocenters. The molecule has 0 radical (unpaired) electrons. The number of ether oxygens (including phenoxy) is 1. The van der Waals surface area contributed by atoms with Gasteiger partial charge in [0, 0.05) is 7.11 Å². The number of rotatable bonds is 3. The molecule has 7 heteroatoms. The first-order valence-corrected chi connectivity index (χ1v) is 5.48. The minimum atomic E-state index is -4.88. The van der Waals surface area contributed by atoms with Gasteiger partial charge in [0.2, 0.25) is 0 Å². The zero-order chi connectivity index (χ0) is 14.1. The first kappa shape index (κ1) is 13.8. The maximum absolute atomic E-state index is 12.5. The number of hydrogen-bond acceptors (Lipinski definition) is 4. The monoisotopic (exact) mass is 275 g/mol. The molecular weight excluding hydrogens is 263 g/mol. The van der Waals surface area contributed by atoms with Crippen LogP contribution in [0, 0.1) is 0 Å². The van der Waals surface area contributed by atoms with Crippen LogP contribution in [0.5, 0.6) is 0 Å². The molecule has 1 unspecified atom stereocenters. The quantitative estimate of drug-likeness (QED) is 0.920. The van der Waals surface area contributed by atoms with Crippen molar-refractivity contribution in [1.29, 1.82) is 0 Å². The Morgan fingerprint density at radius 2 is 2.00 bits per heavy atom. The number of hydrogen-bond donors (Lipinski definition) is 1. The summed E-state index contributed by atoms with van der Waals surface area (Å²) in [6.07, 6.45) is -5.60. The predicted octanol–water partition coefficient (Wildman–Crippen LogP) is 2.21. The lowest BCUT2D eigenvalue weighted by atomic mass is 10.0. The second-order valence-corrected chi connectivity index (χ2v) is 4.22. The smallest absolute Gasteiger partial charge is 0.380 e. The Labute approximate surface area is 107 Å². The Hall–Kier alpha value is -1.60. The molecule has 0 bridgehead atoms. The first-order valence-electron chi connectivity index (χ1n) is 5.48. The summed E-state index contributed by atoms with van der Waals surface area (Å²) in [7, 11) is 1.55. The lowest BCUT2D eigenvalue weighted by molar-refractivity contribution is -0.355. The van der Waals surface area contributed by atoms with E-state index in [0.717, 1.165) is 5.56 Å². The van der Waals surface area contributed by atoms with Gasteiger partial charge < -0.3 is 14.7 Å². The van der Waals surface area contributed by atoms with Crippen molar-refractivity contribution in [2.45, 2.75) is 25.0 Å². The number of benzene rings is 1. The second-order valence-electron chi connectivity index (χ2n) is 4.22. The summed E-state index contributed by atoms with van der Waals surface area (Å²) in [6.45, 7) is 0.412. The maximum Gasteiger partial charge on any atom is 0.458 e. The van der Waals surface area contributed by atoms with Crippen molar-refractivity contribution in [2.75, 3.05) is 7.11 Å². The Morgan fingerprint density at radius 1 is 1.37 bits per heavy atom. The highest BCUT2D eigenvalue weighted by Gasteiger charge is 2.60.